The molecule has 0 bridgehead atoms. The van der Waals surface area contributed by atoms with Crippen LogP contribution in [0, 0.1) is 26.7 Å². The van der Waals surface area contributed by atoms with Crippen LogP contribution in [0.3, 0.4) is 0 Å². The molecule has 112 valence electrons. The number of sulfonamides is 1. The lowest BCUT2D eigenvalue weighted by molar-refractivity contribution is -0.140. The van der Waals surface area contributed by atoms with Crippen LogP contribution in [0.2, 0.25) is 0 Å². The van der Waals surface area contributed by atoms with Crippen LogP contribution in [0.5, 0.6) is 0 Å². The molecule has 0 fully saturated rings. The minimum absolute atomic E-state index is 0.162. The summed E-state index contributed by atoms with van der Waals surface area (Å²) in [4.78, 5) is 11.3. The predicted molar refractivity (Wildman–Crippen MR) is 77.2 cm³/mol. The summed E-state index contributed by atoms with van der Waals surface area (Å²) < 4.78 is 27.1. The highest BCUT2D eigenvalue weighted by Gasteiger charge is 2.29. The van der Waals surface area contributed by atoms with E-state index in [1.54, 1.807) is 39.8 Å². The van der Waals surface area contributed by atoms with Crippen molar-refractivity contribution in [1.82, 2.24) is 4.72 Å². The predicted octanol–water partition coefficient (Wildman–Crippen LogP) is 2.00. The van der Waals surface area contributed by atoms with E-state index in [0.29, 0.717) is 11.1 Å². The maximum absolute atomic E-state index is 12.4. The van der Waals surface area contributed by atoms with E-state index in [1.807, 2.05) is 6.92 Å². The highest BCUT2D eigenvalue weighted by atomic mass is 32.2. The molecule has 0 aliphatic rings. The lowest BCUT2D eigenvalue weighted by Crippen LogP contribution is -2.44. The van der Waals surface area contributed by atoms with Crippen LogP contribution >= 0.6 is 0 Å². The second-order valence-corrected chi connectivity index (χ2v) is 7.06. The number of carboxylic acid groups (broad SMARTS) is 1. The molecule has 1 aromatic rings. The highest BCUT2D eigenvalue weighted by molar-refractivity contribution is 7.89. The minimum atomic E-state index is -3.86. The molecule has 0 unspecified atom stereocenters. The number of nitrogens with one attached hydrogen (secondary N) is 1. The van der Waals surface area contributed by atoms with Gasteiger partial charge in [0, 0.05) is 0 Å². The molecular formula is C14H21NO4S. The Bertz CT molecular complexity index is 597. The third-order valence-electron chi connectivity index (χ3n) is 3.09. The summed E-state index contributed by atoms with van der Waals surface area (Å²) >= 11 is 0. The van der Waals surface area contributed by atoms with Gasteiger partial charge in [-0.1, -0.05) is 31.5 Å². The number of aryl methyl sites for hydroxylation is 3. The summed E-state index contributed by atoms with van der Waals surface area (Å²) in [5.41, 5.74) is 2.20. The van der Waals surface area contributed by atoms with Gasteiger partial charge in [-0.25, -0.2) is 8.42 Å². The van der Waals surface area contributed by atoms with Gasteiger partial charge in [0.05, 0.1) is 4.90 Å². The Morgan fingerprint density at radius 2 is 1.60 bits per heavy atom. The van der Waals surface area contributed by atoms with Crippen LogP contribution in [-0.2, 0) is 14.8 Å². The van der Waals surface area contributed by atoms with Crippen molar-refractivity contribution in [3.05, 3.63) is 28.8 Å². The van der Waals surface area contributed by atoms with Crippen LogP contribution in [0.1, 0.15) is 30.5 Å². The molecule has 0 saturated heterocycles. The number of hydrogen-bond acceptors (Lipinski definition) is 3. The van der Waals surface area contributed by atoms with Gasteiger partial charge in [-0.2, -0.15) is 4.72 Å². The van der Waals surface area contributed by atoms with Crippen molar-refractivity contribution in [2.75, 3.05) is 0 Å². The number of carboxylic acids is 1. The zero-order chi connectivity index (χ0) is 15.7. The standard InChI is InChI=1S/C14H21NO4S/c1-8(2)12(14(16)17)15-20(18,19)13-10(4)6-9(3)7-11(13)5/h6-8,12,15H,1-5H3,(H,16,17)/t12-/m1/s1. The molecule has 1 rings (SSSR count). The Morgan fingerprint density at radius 1 is 1.15 bits per heavy atom. The summed E-state index contributed by atoms with van der Waals surface area (Å²) in [7, 11) is -3.86. The van der Waals surface area contributed by atoms with E-state index < -0.39 is 22.0 Å². The summed E-state index contributed by atoms with van der Waals surface area (Å²) in [6, 6.07) is 2.40. The molecule has 0 amide bonds. The molecule has 0 aliphatic carbocycles. The summed E-state index contributed by atoms with van der Waals surface area (Å²) in [6.45, 7) is 8.63. The molecule has 1 aromatic carbocycles. The summed E-state index contributed by atoms with van der Waals surface area (Å²) in [5, 5.41) is 9.11. The van der Waals surface area contributed by atoms with Gasteiger partial charge in [-0.15, -0.1) is 0 Å². The van der Waals surface area contributed by atoms with Gasteiger partial charge in [0.25, 0.3) is 0 Å². The zero-order valence-corrected chi connectivity index (χ0v) is 13.2. The van der Waals surface area contributed by atoms with Crippen LogP contribution in [0.4, 0.5) is 0 Å². The van der Waals surface area contributed by atoms with E-state index in [1.165, 1.54) is 0 Å². The first-order chi connectivity index (χ1) is 9.06. The monoisotopic (exact) mass is 299 g/mol. The first kappa shape index (κ1) is 16.7. The van der Waals surface area contributed by atoms with Gasteiger partial charge < -0.3 is 5.11 Å². The fourth-order valence-electron chi connectivity index (χ4n) is 2.29. The first-order valence-electron chi connectivity index (χ1n) is 6.39. The van der Waals surface area contributed by atoms with Gasteiger partial charge >= 0.3 is 5.97 Å². The van der Waals surface area contributed by atoms with Crippen molar-refractivity contribution in [3.63, 3.8) is 0 Å². The van der Waals surface area contributed by atoms with Crippen molar-refractivity contribution in [2.24, 2.45) is 5.92 Å². The number of benzene rings is 1. The number of carbonyl (C=O) groups is 1. The quantitative estimate of drug-likeness (QED) is 0.871. The number of aliphatic carboxylic acids is 1. The third kappa shape index (κ3) is 3.58. The Morgan fingerprint density at radius 3 is 1.95 bits per heavy atom. The van der Waals surface area contributed by atoms with Crippen molar-refractivity contribution in [2.45, 2.75) is 45.6 Å². The fraction of sp³-hybridized carbons (Fsp3) is 0.500. The van der Waals surface area contributed by atoms with Crippen molar-refractivity contribution in [1.29, 1.82) is 0 Å². The first-order valence-corrected chi connectivity index (χ1v) is 7.87. The van der Waals surface area contributed by atoms with Crippen molar-refractivity contribution >= 4 is 16.0 Å². The molecule has 0 heterocycles. The van der Waals surface area contributed by atoms with Gasteiger partial charge in [0.1, 0.15) is 6.04 Å². The second kappa shape index (κ2) is 5.93. The normalized spacial score (nSPS) is 13.5. The molecule has 0 radical (unpaired) electrons. The van der Waals surface area contributed by atoms with E-state index in [9.17, 15) is 13.2 Å². The Balaban J connectivity index is 3.28. The van der Waals surface area contributed by atoms with Gasteiger partial charge in [0.15, 0.2) is 0 Å². The largest absolute Gasteiger partial charge is 0.480 e. The maximum Gasteiger partial charge on any atom is 0.322 e. The SMILES string of the molecule is Cc1cc(C)c(S(=O)(=O)N[C@@H](C(=O)O)C(C)C)c(C)c1. The smallest absolute Gasteiger partial charge is 0.322 e. The van der Waals surface area contributed by atoms with Crippen LogP contribution < -0.4 is 4.72 Å². The number of rotatable bonds is 5. The summed E-state index contributed by atoms with van der Waals surface area (Å²) in [5.74, 6) is -1.51. The van der Waals surface area contributed by atoms with E-state index >= 15 is 0 Å². The van der Waals surface area contributed by atoms with E-state index in [0.717, 1.165) is 5.56 Å². The molecule has 0 aliphatic heterocycles. The van der Waals surface area contributed by atoms with Crippen LogP contribution in [0.25, 0.3) is 0 Å². The molecule has 1 atom stereocenters. The Hall–Kier alpha value is -1.40. The molecule has 0 spiro atoms. The lowest BCUT2D eigenvalue weighted by Gasteiger charge is -2.20. The minimum Gasteiger partial charge on any atom is -0.480 e. The summed E-state index contributed by atoms with van der Waals surface area (Å²) in [6.07, 6.45) is 0. The van der Waals surface area contributed by atoms with Gasteiger partial charge in [-0.05, 0) is 37.8 Å². The topological polar surface area (TPSA) is 83.5 Å². The molecule has 0 saturated carbocycles. The Kier molecular flexibility index (Phi) is 4.94. The third-order valence-corrected chi connectivity index (χ3v) is 4.83. The van der Waals surface area contributed by atoms with Gasteiger partial charge in [-0.3, -0.25) is 4.79 Å². The average Bonchev–Trinajstić information content (AvgIpc) is 2.23. The fourth-order valence-corrected chi connectivity index (χ4v) is 4.08. The van der Waals surface area contributed by atoms with E-state index in [-0.39, 0.29) is 10.8 Å². The molecule has 0 aromatic heterocycles. The Labute approximate surface area is 120 Å². The average molecular weight is 299 g/mol. The van der Waals surface area contributed by atoms with Crippen molar-refractivity contribution < 1.29 is 18.3 Å². The van der Waals surface area contributed by atoms with Crippen LogP contribution in [-0.4, -0.2) is 25.5 Å². The maximum atomic E-state index is 12.4. The van der Waals surface area contributed by atoms with E-state index in [4.69, 9.17) is 5.11 Å². The zero-order valence-electron chi connectivity index (χ0n) is 12.4. The van der Waals surface area contributed by atoms with Crippen molar-refractivity contribution in [3.8, 4) is 0 Å². The molecule has 5 nitrogen and oxygen atoms in total. The molecular weight excluding hydrogens is 278 g/mol. The second-order valence-electron chi connectivity index (χ2n) is 5.41. The van der Waals surface area contributed by atoms with Gasteiger partial charge in [0.2, 0.25) is 10.0 Å². The highest BCUT2D eigenvalue weighted by Crippen LogP contribution is 2.22. The van der Waals surface area contributed by atoms with Crippen LogP contribution in [0.15, 0.2) is 17.0 Å². The van der Waals surface area contributed by atoms with E-state index in [2.05, 4.69) is 4.72 Å². The molecule has 6 heteroatoms. The molecule has 2 N–H and O–H groups in total. The molecule has 20 heavy (non-hydrogen) atoms. The lowest BCUT2D eigenvalue weighted by atomic mass is 10.1. The number of hydrogen-bond donors (Lipinski definition) is 2.